The zero-order chi connectivity index (χ0) is 33.6. The van der Waals surface area contributed by atoms with Gasteiger partial charge in [0.15, 0.2) is 5.82 Å². The van der Waals surface area contributed by atoms with Gasteiger partial charge in [0.05, 0.1) is 33.9 Å². The lowest BCUT2D eigenvalue weighted by molar-refractivity contribution is -0.137. The van der Waals surface area contributed by atoms with Crippen molar-refractivity contribution in [2.75, 3.05) is 37.7 Å². The van der Waals surface area contributed by atoms with E-state index < -0.39 is 51.6 Å². The Morgan fingerprint density at radius 1 is 1.06 bits per heavy atom. The third kappa shape index (κ3) is 4.99. The molecule has 2 N–H and O–H groups in total. The van der Waals surface area contributed by atoms with Crippen molar-refractivity contribution in [2.45, 2.75) is 68.7 Å². The Hall–Kier alpha value is -3.98. The van der Waals surface area contributed by atoms with Crippen molar-refractivity contribution in [3.8, 4) is 17.1 Å². The normalized spacial score (nSPS) is 23.8. The average Bonchev–Trinajstić information content (AvgIpc) is 3.78. The van der Waals surface area contributed by atoms with Gasteiger partial charge in [-0.25, -0.2) is 8.78 Å². The van der Waals surface area contributed by atoms with Crippen LogP contribution in [0.1, 0.15) is 49.7 Å². The SMILES string of the molecule is Cc1cc2[nH]ncc2c(-c2c(F)cc3c(N4C[C@H]5CC[C@@](C=C(F)F)(C4)N5)nc(OCC45CCCN4CCC5)nc3c2F)c1C(F)(F)F. The van der Waals surface area contributed by atoms with E-state index in [-0.39, 0.29) is 58.4 Å². The van der Waals surface area contributed by atoms with E-state index in [1.165, 1.54) is 13.0 Å². The number of alkyl halides is 3. The number of rotatable bonds is 6. The fourth-order valence-corrected chi connectivity index (χ4v) is 8.65. The number of anilines is 1. The van der Waals surface area contributed by atoms with Crippen LogP contribution in [-0.2, 0) is 6.18 Å². The number of ether oxygens (including phenoxy) is 1. The summed E-state index contributed by atoms with van der Waals surface area (Å²) in [4.78, 5) is 13.0. The number of halogens is 7. The van der Waals surface area contributed by atoms with Crippen molar-refractivity contribution in [2.24, 2.45) is 0 Å². The first-order valence-corrected chi connectivity index (χ1v) is 16.0. The summed E-state index contributed by atoms with van der Waals surface area (Å²) in [7, 11) is 0. The number of aryl methyl sites for hydroxylation is 1. The van der Waals surface area contributed by atoms with Crippen molar-refractivity contribution in [3.05, 3.63) is 53.2 Å². The van der Waals surface area contributed by atoms with Crippen LogP contribution in [0.25, 0.3) is 32.9 Å². The molecule has 15 heteroatoms. The van der Waals surface area contributed by atoms with Crippen LogP contribution in [-0.4, -0.2) is 75.0 Å². The molecule has 4 saturated heterocycles. The lowest BCUT2D eigenvalue weighted by Crippen LogP contribution is -2.59. The van der Waals surface area contributed by atoms with Crippen LogP contribution in [0.2, 0.25) is 0 Å². The van der Waals surface area contributed by atoms with E-state index in [9.17, 15) is 22.0 Å². The van der Waals surface area contributed by atoms with Gasteiger partial charge in [-0.05, 0) is 76.2 Å². The maximum Gasteiger partial charge on any atom is 0.417 e. The van der Waals surface area contributed by atoms with Gasteiger partial charge in [0.2, 0.25) is 0 Å². The fourth-order valence-electron chi connectivity index (χ4n) is 8.65. The molecule has 4 aliphatic heterocycles. The summed E-state index contributed by atoms with van der Waals surface area (Å²) in [5, 5.41) is 9.46. The second kappa shape index (κ2) is 11.0. The highest BCUT2D eigenvalue weighted by atomic mass is 19.4. The Morgan fingerprint density at radius 2 is 1.83 bits per heavy atom. The molecule has 6 heterocycles. The van der Waals surface area contributed by atoms with Crippen molar-refractivity contribution >= 4 is 27.6 Å². The van der Waals surface area contributed by atoms with Gasteiger partial charge >= 0.3 is 12.2 Å². The fraction of sp³-hybridized carbons (Fsp3) is 0.485. The summed E-state index contributed by atoms with van der Waals surface area (Å²) in [5.74, 6) is -2.52. The number of fused-ring (bicyclic) bond motifs is 5. The number of nitrogens with zero attached hydrogens (tertiary/aromatic N) is 5. The molecule has 2 bridgehead atoms. The smallest absolute Gasteiger partial charge is 0.417 e. The van der Waals surface area contributed by atoms with E-state index >= 15 is 8.78 Å². The highest BCUT2D eigenvalue weighted by molar-refractivity contribution is 6.01. The highest BCUT2D eigenvalue weighted by Gasteiger charge is 2.47. The van der Waals surface area contributed by atoms with Crippen LogP contribution in [0.3, 0.4) is 0 Å². The summed E-state index contributed by atoms with van der Waals surface area (Å²) in [6.07, 6.45) is -0.0620. The van der Waals surface area contributed by atoms with Gasteiger partial charge in [0.1, 0.15) is 23.8 Å². The molecule has 8 nitrogen and oxygen atoms in total. The van der Waals surface area contributed by atoms with E-state index in [2.05, 4.69) is 30.4 Å². The largest absolute Gasteiger partial charge is 0.461 e. The maximum absolute atomic E-state index is 16.9. The second-order valence-corrected chi connectivity index (χ2v) is 13.6. The molecule has 2 aromatic carbocycles. The molecule has 4 aliphatic rings. The molecule has 4 fully saturated rings. The van der Waals surface area contributed by atoms with Gasteiger partial charge in [-0.3, -0.25) is 10.00 Å². The minimum Gasteiger partial charge on any atom is -0.461 e. The molecule has 254 valence electrons. The number of aromatic amines is 1. The molecule has 0 saturated carbocycles. The molecular weight excluding hydrogens is 643 g/mol. The van der Waals surface area contributed by atoms with Crippen LogP contribution in [0.4, 0.5) is 36.6 Å². The van der Waals surface area contributed by atoms with Gasteiger partial charge in [-0.15, -0.1) is 0 Å². The second-order valence-electron chi connectivity index (χ2n) is 13.6. The summed E-state index contributed by atoms with van der Waals surface area (Å²) < 4.78 is 110. The number of aromatic nitrogens is 4. The molecule has 8 rings (SSSR count). The number of hydrogen-bond donors (Lipinski definition) is 2. The van der Waals surface area contributed by atoms with Gasteiger partial charge in [-0.2, -0.15) is 37.0 Å². The van der Waals surface area contributed by atoms with E-state index in [1.54, 1.807) is 4.90 Å². The predicted molar refractivity (Wildman–Crippen MR) is 164 cm³/mol. The lowest BCUT2D eigenvalue weighted by atomic mass is 9.90. The van der Waals surface area contributed by atoms with Crippen LogP contribution in [0.5, 0.6) is 6.01 Å². The number of nitrogens with one attached hydrogen (secondary N) is 2. The van der Waals surface area contributed by atoms with Crippen molar-refractivity contribution in [1.29, 1.82) is 0 Å². The Bertz CT molecular complexity index is 1960. The Kier molecular flexibility index (Phi) is 7.19. The molecule has 2 aromatic heterocycles. The zero-order valence-electron chi connectivity index (χ0n) is 26.0. The summed E-state index contributed by atoms with van der Waals surface area (Å²) in [6.45, 7) is 3.59. The summed E-state index contributed by atoms with van der Waals surface area (Å²) >= 11 is 0. The standard InChI is InChI=1S/C33H32F7N7O/c1-17-10-22-20(13-41-45-22)24(26(17)33(38,39)40)25-21(34)11-19-28(27(25)37)42-30(48-16-32-5-2-8-47(32)9-3-6-32)43-29(19)46-14-18-4-7-31(15-46,44-18)12-23(35)36/h10-13,18,44H,2-9,14-16H2,1H3,(H,41,45)/t18-,31-/m1/s1. The van der Waals surface area contributed by atoms with Gasteiger partial charge in [0.25, 0.3) is 6.08 Å². The molecular formula is C33H32F7N7O. The molecule has 0 radical (unpaired) electrons. The first kappa shape index (κ1) is 31.3. The van der Waals surface area contributed by atoms with Gasteiger partial charge in [0, 0.05) is 41.5 Å². The van der Waals surface area contributed by atoms with Crippen LogP contribution in [0.15, 0.2) is 30.5 Å². The first-order chi connectivity index (χ1) is 22.9. The maximum atomic E-state index is 16.9. The Labute approximate surface area is 270 Å². The Balaban J connectivity index is 1.32. The molecule has 0 unspecified atom stereocenters. The molecule has 0 aliphatic carbocycles. The molecule has 2 atom stereocenters. The van der Waals surface area contributed by atoms with Crippen LogP contribution in [0, 0.1) is 18.6 Å². The monoisotopic (exact) mass is 675 g/mol. The van der Waals surface area contributed by atoms with E-state index in [1.807, 2.05) is 0 Å². The number of H-pyrrole nitrogens is 1. The van der Waals surface area contributed by atoms with Gasteiger partial charge in [-0.1, -0.05) is 0 Å². The zero-order valence-corrected chi connectivity index (χ0v) is 26.0. The quantitative estimate of drug-likeness (QED) is 0.216. The van der Waals surface area contributed by atoms with E-state index in [0.29, 0.717) is 19.4 Å². The third-order valence-electron chi connectivity index (χ3n) is 10.6. The number of piperazine rings is 1. The number of hydrogen-bond acceptors (Lipinski definition) is 7. The number of benzene rings is 2. The van der Waals surface area contributed by atoms with E-state index in [4.69, 9.17) is 4.74 Å². The predicted octanol–water partition coefficient (Wildman–Crippen LogP) is 6.88. The van der Waals surface area contributed by atoms with Crippen LogP contribution >= 0.6 is 0 Å². The molecule has 4 aromatic rings. The topological polar surface area (TPSA) is 82.2 Å². The minimum atomic E-state index is -4.95. The summed E-state index contributed by atoms with van der Waals surface area (Å²) in [6, 6.07) is 1.73. The van der Waals surface area contributed by atoms with Crippen molar-refractivity contribution in [3.63, 3.8) is 0 Å². The molecule has 0 amide bonds. The molecule has 0 spiro atoms. The lowest BCUT2D eigenvalue weighted by Gasteiger charge is -2.40. The van der Waals surface area contributed by atoms with Crippen molar-refractivity contribution in [1.82, 2.24) is 30.4 Å². The van der Waals surface area contributed by atoms with E-state index in [0.717, 1.165) is 57.1 Å². The molecule has 48 heavy (non-hydrogen) atoms. The minimum absolute atomic E-state index is 0.0147. The first-order valence-electron chi connectivity index (χ1n) is 16.0. The Morgan fingerprint density at radius 3 is 2.56 bits per heavy atom. The highest BCUT2D eigenvalue weighted by Crippen LogP contribution is 2.47. The van der Waals surface area contributed by atoms with Crippen LogP contribution < -0.4 is 15.0 Å². The summed E-state index contributed by atoms with van der Waals surface area (Å²) in [5.41, 5.74) is -4.63. The third-order valence-corrected chi connectivity index (χ3v) is 10.6. The average molecular weight is 676 g/mol. The van der Waals surface area contributed by atoms with Gasteiger partial charge < -0.3 is 15.0 Å². The van der Waals surface area contributed by atoms with Crippen molar-refractivity contribution < 1.29 is 35.5 Å².